The molecule has 2 N–H and O–H groups in total. The first-order valence-corrected chi connectivity index (χ1v) is 9.87. The van der Waals surface area contributed by atoms with Crippen molar-refractivity contribution in [1.82, 2.24) is 0 Å². The Balaban J connectivity index is 1.70. The van der Waals surface area contributed by atoms with Crippen molar-refractivity contribution in [2.24, 2.45) is 34.5 Å². The summed E-state index contributed by atoms with van der Waals surface area (Å²) >= 11 is 0. The molecule has 0 aromatic rings. The molecule has 0 heterocycles. The van der Waals surface area contributed by atoms with Crippen LogP contribution in [0.4, 0.5) is 0 Å². The average Bonchev–Trinajstić information content (AvgIpc) is 2.91. The van der Waals surface area contributed by atoms with Crippen LogP contribution in [-0.2, 0) is 9.59 Å². The topological polar surface area (TPSA) is 74.6 Å². The highest BCUT2D eigenvalue weighted by atomic mass is 16.3. The number of carbonyl (C=O) groups is 2. The summed E-state index contributed by atoms with van der Waals surface area (Å²) in [5.41, 5.74) is 0.979. The predicted molar refractivity (Wildman–Crippen MR) is 93.7 cm³/mol. The summed E-state index contributed by atoms with van der Waals surface area (Å²) in [5, 5.41) is 20.5. The SMILES string of the molecule is C[C@@]12C[C@@H](O)[C@H]3[C@@H](CCC4=CC(=O)CC[C@]43C)[C@H]1CC[C@@H]2C(=O)CO. The maximum Gasteiger partial charge on any atom is 0.161 e. The fourth-order valence-corrected chi connectivity index (χ4v) is 7.33. The average molecular weight is 346 g/mol. The van der Waals surface area contributed by atoms with Crippen LogP contribution in [0, 0.1) is 34.5 Å². The van der Waals surface area contributed by atoms with Gasteiger partial charge in [-0.2, -0.15) is 0 Å². The molecule has 0 aromatic heterocycles. The Morgan fingerprint density at radius 2 is 2.00 bits per heavy atom. The zero-order chi connectivity index (χ0) is 18.0. The van der Waals surface area contributed by atoms with Crippen molar-refractivity contribution < 1.29 is 19.8 Å². The normalized spacial score (nSPS) is 49.0. The maximum absolute atomic E-state index is 12.3. The summed E-state index contributed by atoms with van der Waals surface area (Å²) in [6, 6.07) is 0. The highest BCUT2D eigenvalue weighted by Gasteiger charge is 2.62. The van der Waals surface area contributed by atoms with Crippen LogP contribution in [0.1, 0.15) is 58.8 Å². The highest BCUT2D eigenvalue weighted by Crippen LogP contribution is 2.66. The molecule has 0 amide bonds. The van der Waals surface area contributed by atoms with E-state index in [0.717, 1.165) is 32.1 Å². The number of hydrogen-bond donors (Lipinski definition) is 2. The van der Waals surface area contributed by atoms with Gasteiger partial charge in [0.1, 0.15) is 6.61 Å². The molecule has 4 heteroatoms. The number of fused-ring (bicyclic) bond motifs is 5. The molecule has 7 atom stereocenters. The number of allylic oxidation sites excluding steroid dienone is 1. The standard InChI is InChI=1S/C21H30O4/c1-20-8-7-13(23)9-12(20)3-4-14-15-5-6-16(18(25)11-22)21(15,2)10-17(24)19(14)20/h9,14-17,19,22,24H,3-8,10-11H2,1-2H3/t14-,15+,16+,17+,19+,20+,21+/m0/s1. The van der Waals surface area contributed by atoms with Crippen LogP contribution in [0.5, 0.6) is 0 Å². The zero-order valence-corrected chi connectivity index (χ0v) is 15.3. The second kappa shape index (κ2) is 5.75. The summed E-state index contributed by atoms with van der Waals surface area (Å²) in [6.45, 7) is 4.03. The number of rotatable bonds is 2. The number of carbonyl (C=O) groups excluding carboxylic acids is 2. The van der Waals surface area contributed by atoms with Gasteiger partial charge in [-0.3, -0.25) is 9.59 Å². The molecular formula is C21H30O4. The van der Waals surface area contributed by atoms with E-state index in [1.165, 1.54) is 5.57 Å². The molecule has 4 rings (SSSR count). The summed E-state index contributed by atoms with van der Waals surface area (Å²) in [7, 11) is 0. The van der Waals surface area contributed by atoms with E-state index in [9.17, 15) is 19.8 Å². The first-order chi connectivity index (χ1) is 11.8. The van der Waals surface area contributed by atoms with E-state index < -0.39 is 6.10 Å². The monoisotopic (exact) mass is 346 g/mol. The number of hydrogen-bond acceptors (Lipinski definition) is 4. The maximum atomic E-state index is 12.3. The van der Waals surface area contributed by atoms with Gasteiger partial charge >= 0.3 is 0 Å². The van der Waals surface area contributed by atoms with E-state index in [0.29, 0.717) is 24.7 Å². The quantitative estimate of drug-likeness (QED) is 0.806. The molecule has 0 unspecified atom stereocenters. The van der Waals surface area contributed by atoms with Gasteiger partial charge in [-0.25, -0.2) is 0 Å². The minimum absolute atomic E-state index is 0.0541. The molecule has 0 radical (unpaired) electrons. The first-order valence-electron chi connectivity index (χ1n) is 9.87. The fraction of sp³-hybridized carbons (Fsp3) is 0.810. The van der Waals surface area contributed by atoms with Crippen LogP contribution in [0.3, 0.4) is 0 Å². The second-order valence-electron chi connectivity index (χ2n) is 9.42. The first kappa shape index (κ1) is 17.4. The van der Waals surface area contributed by atoms with E-state index in [-0.39, 0.29) is 40.8 Å². The molecule has 3 saturated carbocycles. The second-order valence-corrected chi connectivity index (χ2v) is 9.42. The van der Waals surface area contributed by atoms with E-state index in [4.69, 9.17) is 0 Å². The summed E-state index contributed by atoms with van der Waals surface area (Å²) in [5.74, 6) is 1.12. The number of Topliss-reactive ketones (excluding diaryl/α,β-unsaturated/α-hetero) is 1. The molecule has 0 bridgehead atoms. The van der Waals surface area contributed by atoms with Crippen molar-refractivity contribution in [3.8, 4) is 0 Å². The van der Waals surface area contributed by atoms with Crippen molar-refractivity contribution in [3.63, 3.8) is 0 Å². The molecule has 4 aliphatic carbocycles. The van der Waals surface area contributed by atoms with E-state index in [1.807, 2.05) is 6.08 Å². The molecule has 0 aliphatic heterocycles. The third-order valence-electron chi connectivity index (χ3n) is 8.44. The van der Waals surface area contributed by atoms with Gasteiger partial charge in [-0.05, 0) is 73.2 Å². The summed E-state index contributed by atoms with van der Waals surface area (Å²) in [6.07, 6.45) is 7.32. The Labute approximate surface area is 149 Å². The van der Waals surface area contributed by atoms with Crippen LogP contribution >= 0.6 is 0 Å². The Morgan fingerprint density at radius 3 is 2.72 bits per heavy atom. The van der Waals surface area contributed by atoms with Crippen molar-refractivity contribution >= 4 is 11.6 Å². The van der Waals surface area contributed by atoms with Crippen molar-refractivity contribution in [2.75, 3.05) is 6.61 Å². The third kappa shape index (κ3) is 2.33. The minimum Gasteiger partial charge on any atom is -0.393 e. The van der Waals surface area contributed by atoms with Crippen LogP contribution < -0.4 is 0 Å². The summed E-state index contributed by atoms with van der Waals surface area (Å²) in [4.78, 5) is 24.2. The van der Waals surface area contributed by atoms with Crippen molar-refractivity contribution in [2.45, 2.75) is 64.9 Å². The lowest BCUT2D eigenvalue weighted by molar-refractivity contribution is -0.146. The molecule has 4 nitrogen and oxygen atoms in total. The minimum atomic E-state index is -0.430. The Morgan fingerprint density at radius 1 is 1.24 bits per heavy atom. The zero-order valence-electron chi connectivity index (χ0n) is 15.3. The van der Waals surface area contributed by atoms with Gasteiger partial charge in [-0.15, -0.1) is 0 Å². The largest absolute Gasteiger partial charge is 0.393 e. The van der Waals surface area contributed by atoms with Crippen LogP contribution in [0.2, 0.25) is 0 Å². The Bertz CT molecular complexity index is 638. The molecular weight excluding hydrogens is 316 g/mol. The molecule has 4 aliphatic rings. The predicted octanol–water partition coefficient (Wildman–Crippen LogP) is 2.67. The van der Waals surface area contributed by atoms with Gasteiger partial charge in [0.15, 0.2) is 11.6 Å². The van der Waals surface area contributed by atoms with Gasteiger partial charge in [0.25, 0.3) is 0 Å². The van der Waals surface area contributed by atoms with Gasteiger partial charge in [0, 0.05) is 12.3 Å². The lowest BCUT2D eigenvalue weighted by Crippen LogP contribution is -2.57. The molecule has 0 saturated heterocycles. The molecule has 138 valence electrons. The van der Waals surface area contributed by atoms with Crippen LogP contribution in [-0.4, -0.2) is 34.5 Å². The molecule has 3 fully saturated rings. The van der Waals surface area contributed by atoms with E-state index >= 15 is 0 Å². The van der Waals surface area contributed by atoms with Gasteiger partial charge in [0.2, 0.25) is 0 Å². The molecule has 25 heavy (non-hydrogen) atoms. The molecule has 0 spiro atoms. The number of ketones is 2. The third-order valence-corrected chi connectivity index (χ3v) is 8.44. The lowest BCUT2D eigenvalue weighted by Gasteiger charge is -2.59. The van der Waals surface area contributed by atoms with Crippen molar-refractivity contribution in [3.05, 3.63) is 11.6 Å². The van der Waals surface area contributed by atoms with Crippen LogP contribution in [0.25, 0.3) is 0 Å². The highest BCUT2D eigenvalue weighted by molar-refractivity contribution is 5.91. The van der Waals surface area contributed by atoms with E-state index in [2.05, 4.69) is 13.8 Å². The van der Waals surface area contributed by atoms with Gasteiger partial charge in [-0.1, -0.05) is 19.4 Å². The lowest BCUT2D eigenvalue weighted by atomic mass is 9.46. The Hall–Kier alpha value is -1.00. The molecule has 0 aromatic carbocycles. The summed E-state index contributed by atoms with van der Waals surface area (Å²) < 4.78 is 0. The van der Waals surface area contributed by atoms with Crippen LogP contribution in [0.15, 0.2) is 11.6 Å². The number of aliphatic hydroxyl groups excluding tert-OH is 2. The van der Waals surface area contributed by atoms with Gasteiger partial charge in [0.05, 0.1) is 6.10 Å². The fourth-order valence-electron chi connectivity index (χ4n) is 7.33. The number of aliphatic hydroxyl groups is 2. The smallest absolute Gasteiger partial charge is 0.161 e. The van der Waals surface area contributed by atoms with Crippen molar-refractivity contribution in [1.29, 1.82) is 0 Å². The van der Waals surface area contributed by atoms with Gasteiger partial charge < -0.3 is 10.2 Å². The van der Waals surface area contributed by atoms with E-state index in [1.54, 1.807) is 0 Å². The Kier molecular flexibility index (Phi) is 4.01.